The van der Waals surface area contributed by atoms with Crippen molar-refractivity contribution in [3.8, 4) is 0 Å². The quantitative estimate of drug-likeness (QED) is 0.811. The fourth-order valence-corrected chi connectivity index (χ4v) is 1.85. The molecule has 8 heteroatoms. The fourth-order valence-electron chi connectivity index (χ4n) is 1.48. The van der Waals surface area contributed by atoms with Gasteiger partial charge in [0, 0.05) is 5.56 Å². The number of hydrogen-bond donors (Lipinski definition) is 1. The minimum absolute atomic E-state index is 0.105. The average Bonchev–Trinajstić information content (AvgIpc) is 2.41. The highest BCUT2D eigenvalue weighted by Crippen LogP contribution is 2.27. The van der Waals surface area contributed by atoms with Gasteiger partial charge in [-0.15, -0.1) is 0 Å². The number of benzene rings is 1. The number of aromatic nitrogens is 1. The summed E-state index contributed by atoms with van der Waals surface area (Å²) in [7, 11) is 0. The molecule has 0 aliphatic rings. The predicted octanol–water partition coefficient (Wildman–Crippen LogP) is 4.25. The Kier molecular flexibility index (Phi) is 4.26. The van der Waals surface area contributed by atoms with Crippen molar-refractivity contribution in [1.82, 2.24) is 4.98 Å². The average molecular weight is 363 g/mol. The molecule has 110 valence electrons. The van der Waals surface area contributed by atoms with Gasteiger partial charge in [-0.3, -0.25) is 4.79 Å². The maximum atomic E-state index is 13.1. The van der Waals surface area contributed by atoms with E-state index in [0.717, 1.165) is 24.4 Å². The number of anilines is 1. The van der Waals surface area contributed by atoms with Crippen molar-refractivity contribution >= 4 is 27.5 Å². The maximum absolute atomic E-state index is 13.1. The first-order valence-electron chi connectivity index (χ1n) is 5.57. The highest BCUT2D eigenvalue weighted by atomic mass is 79.9. The van der Waals surface area contributed by atoms with Gasteiger partial charge in [0.25, 0.3) is 5.91 Å². The lowest BCUT2D eigenvalue weighted by molar-refractivity contribution is -0.141. The number of pyridine rings is 1. The molecule has 1 heterocycles. The highest BCUT2D eigenvalue weighted by molar-refractivity contribution is 9.10. The molecule has 0 radical (unpaired) electrons. The number of amides is 1. The fraction of sp³-hybridized carbons (Fsp3) is 0.0769. The molecule has 1 N–H and O–H groups in total. The Morgan fingerprint density at radius 3 is 2.43 bits per heavy atom. The molecule has 0 spiro atoms. The summed E-state index contributed by atoms with van der Waals surface area (Å²) in [6.45, 7) is 0. The highest BCUT2D eigenvalue weighted by Gasteiger charge is 2.32. The summed E-state index contributed by atoms with van der Waals surface area (Å²) in [5, 5.41) is 2.37. The van der Waals surface area contributed by atoms with E-state index in [0.29, 0.717) is 0 Å². The number of nitrogens with one attached hydrogen (secondary N) is 1. The van der Waals surface area contributed by atoms with E-state index in [1.165, 1.54) is 12.1 Å². The van der Waals surface area contributed by atoms with Crippen LogP contribution in [-0.4, -0.2) is 10.9 Å². The van der Waals surface area contributed by atoms with Crippen LogP contribution in [0.15, 0.2) is 41.0 Å². The van der Waals surface area contributed by atoms with Crippen molar-refractivity contribution in [2.45, 2.75) is 6.18 Å². The van der Waals surface area contributed by atoms with E-state index in [1.807, 2.05) is 0 Å². The Bertz CT molecular complexity index is 671. The van der Waals surface area contributed by atoms with Crippen LogP contribution in [0.3, 0.4) is 0 Å². The van der Waals surface area contributed by atoms with E-state index in [9.17, 15) is 22.4 Å². The first-order chi connectivity index (χ1) is 9.77. The number of rotatable bonds is 2. The number of nitrogens with zero attached hydrogens (tertiary/aromatic N) is 1. The molecule has 1 aromatic carbocycles. The zero-order valence-electron chi connectivity index (χ0n) is 10.2. The normalized spacial score (nSPS) is 11.3. The largest absolute Gasteiger partial charge is 0.433 e. The topological polar surface area (TPSA) is 42.0 Å². The third kappa shape index (κ3) is 3.78. The molecule has 0 fully saturated rings. The summed E-state index contributed by atoms with van der Waals surface area (Å²) in [6.07, 6.45) is -3.64. The van der Waals surface area contributed by atoms with E-state index >= 15 is 0 Å². The second kappa shape index (κ2) is 5.80. The second-order valence-corrected chi connectivity index (χ2v) is 4.87. The van der Waals surface area contributed by atoms with Crippen LogP contribution in [0.4, 0.5) is 23.2 Å². The zero-order valence-corrected chi connectivity index (χ0v) is 11.8. The third-order valence-electron chi connectivity index (χ3n) is 2.49. The SMILES string of the molecule is O=C(Nc1ccc(C(F)(F)F)nc1)c1ccc(F)c(Br)c1. The molecule has 0 aliphatic carbocycles. The minimum Gasteiger partial charge on any atom is -0.321 e. The molecule has 21 heavy (non-hydrogen) atoms. The van der Waals surface area contributed by atoms with Crippen LogP contribution in [0.25, 0.3) is 0 Å². The summed E-state index contributed by atoms with van der Waals surface area (Å²) in [4.78, 5) is 15.1. The summed E-state index contributed by atoms with van der Waals surface area (Å²) in [5.41, 5.74) is -0.790. The summed E-state index contributed by atoms with van der Waals surface area (Å²) >= 11 is 2.94. The van der Waals surface area contributed by atoms with Gasteiger partial charge in [-0.1, -0.05) is 0 Å². The van der Waals surface area contributed by atoms with Crippen LogP contribution in [-0.2, 0) is 6.18 Å². The first-order valence-corrected chi connectivity index (χ1v) is 6.36. The van der Waals surface area contributed by atoms with Crippen molar-refractivity contribution in [2.75, 3.05) is 5.32 Å². The van der Waals surface area contributed by atoms with Gasteiger partial charge in [-0.2, -0.15) is 13.2 Å². The molecule has 0 aliphatic heterocycles. The number of halogens is 5. The summed E-state index contributed by atoms with van der Waals surface area (Å²) < 4.78 is 50.2. The third-order valence-corrected chi connectivity index (χ3v) is 3.10. The summed E-state index contributed by atoms with van der Waals surface area (Å²) in [6, 6.07) is 5.47. The molecule has 3 nitrogen and oxygen atoms in total. The van der Waals surface area contributed by atoms with Gasteiger partial charge >= 0.3 is 6.18 Å². The monoisotopic (exact) mass is 362 g/mol. The molecule has 0 atom stereocenters. The zero-order chi connectivity index (χ0) is 15.6. The Labute approximate surface area is 125 Å². The van der Waals surface area contributed by atoms with E-state index in [4.69, 9.17) is 0 Å². The van der Waals surface area contributed by atoms with Crippen LogP contribution in [0.2, 0.25) is 0 Å². The number of carbonyl (C=O) groups excluding carboxylic acids is 1. The van der Waals surface area contributed by atoms with Gasteiger partial charge in [-0.25, -0.2) is 9.37 Å². The standard InChI is InChI=1S/C13H7BrF4N2O/c14-9-5-7(1-3-10(9)15)12(21)20-8-2-4-11(19-6-8)13(16,17)18/h1-6H,(H,20,21). The molecular weight excluding hydrogens is 356 g/mol. The Morgan fingerprint density at radius 1 is 1.19 bits per heavy atom. The molecule has 0 saturated heterocycles. The lowest BCUT2D eigenvalue weighted by atomic mass is 10.2. The van der Waals surface area contributed by atoms with Crippen LogP contribution >= 0.6 is 15.9 Å². The molecule has 0 saturated carbocycles. The van der Waals surface area contributed by atoms with Crippen LogP contribution < -0.4 is 5.32 Å². The van der Waals surface area contributed by atoms with E-state index in [2.05, 4.69) is 26.2 Å². The van der Waals surface area contributed by atoms with Crippen LogP contribution in [0.1, 0.15) is 16.1 Å². The second-order valence-electron chi connectivity index (χ2n) is 4.01. The van der Waals surface area contributed by atoms with Crippen molar-refractivity contribution in [2.24, 2.45) is 0 Å². The van der Waals surface area contributed by atoms with Gasteiger partial charge in [0.1, 0.15) is 11.5 Å². The van der Waals surface area contributed by atoms with E-state index < -0.39 is 23.6 Å². The van der Waals surface area contributed by atoms with Gasteiger partial charge in [0.05, 0.1) is 16.4 Å². The Morgan fingerprint density at radius 2 is 1.90 bits per heavy atom. The first kappa shape index (κ1) is 15.4. The molecule has 1 aromatic heterocycles. The maximum Gasteiger partial charge on any atom is 0.433 e. The van der Waals surface area contributed by atoms with Gasteiger partial charge in [-0.05, 0) is 46.3 Å². The Hall–Kier alpha value is -1.96. The van der Waals surface area contributed by atoms with Crippen molar-refractivity contribution in [3.63, 3.8) is 0 Å². The van der Waals surface area contributed by atoms with Crippen molar-refractivity contribution in [1.29, 1.82) is 0 Å². The molecule has 2 aromatic rings. The molecule has 1 amide bonds. The van der Waals surface area contributed by atoms with Gasteiger partial charge in [0.15, 0.2) is 0 Å². The number of carbonyl (C=O) groups is 1. The lowest BCUT2D eigenvalue weighted by Crippen LogP contribution is -2.13. The summed E-state index contributed by atoms with van der Waals surface area (Å²) in [5.74, 6) is -1.11. The van der Waals surface area contributed by atoms with Gasteiger partial charge in [0.2, 0.25) is 0 Å². The molecule has 2 rings (SSSR count). The molecule has 0 unspecified atom stereocenters. The smallest absolute Gasteiger partial charge is 0.321 e. The van der Waals surface area contributed by atoms with Gasteiger partial charge < -0.3 is 5.32 Å². The van der Waals surface area contributed by atoms with E-state index in [-0.39, 0.29) is 15.7 Å². The van der Waals surface area contributed by atoms with Crippen LogP contribution in [0.5, 0.6) is 0 Å². The number of hydrogen-bond acceptors (Lipinski definition) is 2. The Balaban J connectivity index is 2.14. The molecular formula is C13H7BrF4N2O. The number of alkyl halides is 3. The lowest BCUT2D eigenvalue weighted by Gasteiger charge is -2.08. The molecule has 0 bridgehead atoms. The van der Waals surface area contributed by atoms with E-state index in [1.54, 1.807) is 0 Å². The predicted molar refractivity (Wildman–Crippen MR) is 71.3 cm³/mol. The minimum atomic E-state index is -4.54. The van der Waals surface area contributed by atoms with Crippen LogP contribution in [0, 0.1) is 5.82 Å². The van der Waals surface area contributed by atoms with Crippen molar-refractivity contribution < 1.29 is 22.4 Å². The van der Waals surface area contributed by atoms with Crippen molar-refractivity contribution in [3.05, 3.63) is 58.1 Å².